The number of hydrogen-bond acceptors (Lipinski definition) is 4. The van der Waals surface area contributed by atoms with Crippen molar-refractivity contribution in [3.8, 4) is 5.75 Å². The number of carbonyl (C=O) groups excluding carboxylic acids is 2. The molecule has 0 unspecified atom stereocenters. The van der Waals surface area contributed by atoms with Gasteiger partial charge in [0, 0.05) is 16.8 Å². The lowest BCUT2D eigenvalue weighted by Crippen LogP contribution is -2.34. The minimum absolute atomic E-state index is 0.0343. The number of benzene rings is 2. The maximum Gasteiger partial charge on any atom is 0.319 e. The minimum Gasteiger partial charge on any atom is -0.497 e. The molecule has 2 N–H and O–H groups in total. The molecule has 0 aliphatic heterocycles. The number of urea groups is 1. The molecule has 0 aliphatic rings. The van der Waals surface area contributed by atoms with Crippen LogP contribution in [0.5, 0.6) is 5.75 Å². The summed E-state index contributed by atoms with van der Waals surface area (Å²) in [6.45, 7) is 3.54. The molecule has 2 aromatic rings. The molecule has 0 radical (unpaired) electrons. The van der Waals surface area contributed by atoms with Crippen molar-refractivity contribution in [2.24, 2.45) is 0 Å². The van der Waals surface area contributed by atoms with E-state index >= 15 is 0 Å². The van der Waals surface area contributed by atoms with E-state index in [1.807, 2.05) is 0 Å². The van der Waals surface area contributed by atoms with Gasteiger partial charge in [-0.15, -0.1) is 0 Å². The third kappa shape index (κ3) is 6.49. The zero-order chi connectivity index (χ0) is 19.8. The van der Waals surface area contributed by atoms with Crippen molar-refractivity contribution in [1.29, 1.82) is 0 Å². The molecule has 0 bridgehead atoms. The van der Waals surface area contributed by atoms with Gasteiger partial charge in [-0.3, -0.25) is 4.79 Å². The van der Waals surface area contributed by atoms with Crippen LogP contribution in [0.1, 0.15) is 31.9 Å². The summed E-state index contributed by atoms with van der Waals surface area (Å²) in [6, 6.07) is 12.9. The van der Waals surface area contributed by atoms with E-state index in [1.54, 1.807) is 69.5 Å². The zero-order valence-electron chi connectivity index (χ0n) is 15.5. The number of amides is 2. The number of carbonyl (C=O) groups is 2. The van der Waals surface area contributed by atoms with Crippen molar-refractivity contribution in [1.82, 2.24) is 5.32 Å². The van der Waals surface area contributed by atoms with Crippen molar-refractivity contribution < 1.29 is 19.1 Å². The number of methoxy groups -OCH3 is 1. The van der Waals surface area contributed by atoms with Gasteiger partial charge in [0.2, 0.25) is 0 Å². The van der Waals surface area contributed by atoms with E-state index < -0.39 is 18.0 Å². The fourth-order valence-corrected chi connectivity index (χ4v) is 2.77. The van der Waals surface area contributed by atoms with Crippen molar-refractivity contribution in [2.45, 2.75) is 32.4 Å². The van der Waals surface area contributed by atoms with Gasteiger partial charge in [0.15, 0.2) is 0 Å². The van der Waals surface area contributed by atoms with Crippen LogP contribution in [0.2, 0.25) is 5.02 Å². The number of anilines is 1. The van der Waals surface area contributed by atoms with Crippen molar-refractivity contribution in [3.63, 3.8) is 0 Å². The first kappa shape index (κ1) is 20.6. The maximum absolute atomic E-state index is 12.5. The molecule has 0 fully saturated rings. The smallest absolute Gasteiger partial charge is 0.319 e. The Balaban J connectivity index is 2.14. The number of halogens is 1. The standard InChI is InChI=1S/C20H23ClN2O4/c1-13(2)27-19(24)12-18(16-9-4-5-10-17(16)21)23-20(25)22-14-7-6-8-15(11-14)26-3/h4-11,13,18H,12H2,1-3H3,(H2,22,23,25)/t18-/m0/s1. The van der Waals surface area contributed by atoms with Gasteiger partial charge in [0.1, 0.15) is 5.75 Å². The van der Waals surface area contributed by atoms with E-state index in [2.05, 4.69) is 10.6 Å². The topological polar surface area (TPSA) is 76.7 Å². The molecule has 0 saturated heterocycles. The van der Waals surface area contributed by atoms with Crippen molar-refractivity contribution >= 4 is 29.3 Å². The van der Waals surface area contributed by atoms with Crippen molar-refractivity contribution in [3.05, 3.63) is 59.1 Å². The zero-order valence-corrected chi connectivity index (χ0v) is 16.2. The number of nitrogens with one attached hydrogen (secondary N) is 2. The van der Waals surface area contributed by atoms with Crippen LogP contribution in [0.3, 0.4) is 0 Å². The summed E-state index contributed by atoms with van der Waals surface area (Å²) in [4.78, 5) is 24.6. The van der Waals surface area contributed by atoms with Gasteiger partial charge < -0.3 is 20.1 Å². The molecule has 0 aromatic heterocycles. The first-order valence-electron chi connectivity index (χ1n) is 8.54. The van der Waals surface area contributed by atoms with Crippen LogP contribution in [0.4, 0.5) is 10.5 Å². The molecule has 2 aromatic carbocycles. The lowest BCUT2D eigenvalue weighted by atomic mass is 10.0. The highest BCUT2D eigenvalue weighted by Gasteiger charge is 2.22. The summed E-state index contributed by atoms with van der Waals surface area (Å²) < 4.78 is 10.3. The highest BCUT2D eigenvalue weighted by Crippen LogP contribution is 2.26. The summed E-state index contributed by atoms with van der Waals surface area (Å²) in [5.41, 5.74) is 1.20. The van der Waals surface area contributed by atoms with Crippen LogP contribution in [0, 0.1) is 0 Å². The average molecular weight is 391 g/mol. The highest BCUT2D eigenvalue weighted by atomic mass is 35.5. The molecule has 6 nitrogen and oxygen atoms in total. The monoisotopic (exact) mass is 390 g/mol. The Kier molecular flexibility index (Phi) is 7.49. The van der Waals surface area contributed by atoms with Crippen LogP contribution in [0.15, 0.2) is 48.5 Å². The Morgan fingerprint density at radius 3 is 2.52 bits per heavy atom. The normalized spacial score (nSPS) is 11.6. The summed E-state index contributed by atoms with van der Waals surface area (Å²) in [6.07, 6.45) is -0.275. The first-order chi connectivity index (χ1) is 12.9. The van der Waals surface area contributed by atoms with Crippen LogP contribution >= 0.6 is 11.6 Å². The van der Waals surface area contributed by atoms with Crippen molar-refractivity contribution in [2.75, 3.05) is 12.4 Å². The number of esters is 1. The van der Waals surface area contributed by atoms with Gasteiger partial charge in [-0.05, 0) is 37.6 Å². The molecule has 0 aliphatic carbocycles. The summed E-state index contributed by atoms with van der Waals surface area (Å²) >= 11 is 6.25. The van der Waals surface area contributed by atoms with E-state index in [-0.39, 0.29) is 12.5 Å². The largest absolute Gasteiger partial charge is 0.497 e. The first-order valence-corrected chi connectivity index (χ1v) is 8.92. The fourth-order valence-electron chi connectivity index (χ4n) is 2.50. The average Bonchev–Trinajstić information content (AvgIpc) is 2.61. The second-order valence-electron chi connectivity index (χ2n) is 6.15. The molecule has 2 amide bonds. The van der Waals surface area contributed by atoms with Crippen LogP contribution < -0.4 is 15.4 Å². The van der Waals surface area contributed by atoms with Gasteiger partial charge in [-0.25, -0.2) is 4.79 Å². The molecule has 27 heavy (non-hydrogen) atoms. The Morgan fingerprint density at radius 2 is 1.85 bits per heavy atom. The number of ether oxygens (including phenoxy) is 2. The highest BCUT2D eigenvalue weighted by molar-refractivity contribution is 6.31. The van der Waals surface area contributed by atoms with Gasteiger partial charge in [0.05, 0.1) is 25.7 Å². The maximum atomic E-state index is 12.5. The van der Waals surface area contributed by atoms with Gasteiger partial charge >= 0.3 is 12.0 Å². The van der Waals surface area contributed by atoms with Gasteiger partial charge in [-0.1, -0.05) is 35.9 Å². The van der Waals surface area contributed by atoms with E-state index in [0.29, 0.717) is 22.0 Å². The quantitative estimate of drug-likeness (QED) is 0.680. The Labute approximate surface area is 163 Å². The SMILES string of the molecule is COc1cccc(NC(=O)N[C@@H](CC(=O)OC(C)C)c2ccccc2Cl)c1. The van der Waals surface area contributed by atoms with E-state index in [0.717, 1.165) is 0 Å². The molecule has 144 valence electrons. The summed E-state index contributed by atoms with van der Waals surface area (Å²) in [5.74, 6) is 0.201. The minimum atomic E-state index is -0.629. The molecular weight excluding hydrogens is 368 g/mol. The van der Waals surface area contributed by atoms with Crippen LogP contribution in [-0.4, -0.2) is 25.2 Å². The van der Waals surface area contributed by atoms with E-state index in [4.69, 9.17) is 21.1 Å². The molecule has 0 spiro atoms. The molecule has 0 heterocycles. The third-order valence-corrected chi connectivity index (χ3v) is 4.00. The number of hydrogen-bond donors (Lipinski definition) is 2. The lowest BCUT2D eigenvalue weighted by molar-refractivity contribution is -0.147. The van der Waals surface area contributed by atoms with Crippen LogP contribution in [0.25, 0.3) is 0 Å². The second kappa shape index (κ2) is 9.83. The lowest BCUT2D eigenvalue weighted by Gasteiger charge is -2.21. The molecule has 2 rings (SSSR count). The predicted octanol–water partition coefficient (Wildman–Crippen LogP) is 4.55. The Bertz CT molecular complexity index is 795. The third-order valence-electron chi connectivity index (χ3n) is 3.65. The molecule has 0 saturated carbocycles. The van der Waals surface area contributed by atoms with Gasteiger partial charge in [-0.2, -0.15) is 0 Å². The summed E-state index contributed by atoms with van der Waals surface area (Å²) in [5, 5.41) is 5.97. The molecule has 7 heteroatoms. The molecular formula is C20H23ClN2O4. The van der Waals surface area contributed by atoms with E-state index in [1.165, 1.54) is 0 Å². The fraction of sp³-hybridized carbons (Fsp3) is 0.300. The second-order valence-corrected chi connectivity index (χ2v) is 6.55. The van der Waals surface area contributed by atoms with E-state index in [9.17, 15) is 9.59 Å². The Morgan fingerprint density at radius 1 is 1.11 bits per heavy atom. The predicted molar refractivity (Wildman–Crippen MR) is 105 cm³/mol. The van der Waals surface area contributed by atoms with Gasteiger partial charge in [0.25, 0.3) is 0 Å². The van der Waals surface area contributed by atoms with Crippen LogP contribution in [-0.2, 0) is 9.53 Å². The Hall–Kier alpha value is -2.73. The summed E-state index contributed by atoms with van der Waals surface area (Å²) in [7, 11) is 1.55. The number of rotatable bonds is 7. The molecule has 1 atom stereocenters.